The summed E-state index contributed by atoms with van der Waals surface area (Å²) in [5.41, 5.74) is 4.51. The molecule has 0 bridgehead atoms. The second kappa shape index (κ2) is 5.18. The molecule has 2 aliphatic rings. The molecule has 0 amide bonds. The lowest BCUT2D eigenvalue weighted by Crippen LogP contribution is -2.33. The molecule has 0 unspecified atom stereocenters. The van der Waals surface area contributed by atoms with Gasteiger partial charge in [-0.1, -0.05) is 30.3 Å². The van der Waals surface area contributed by atoms with Gasteiger partial charge in [0.15, 0.2) is 0 Å². The standard InChI is InChI=1S/C19H20FNO/c20-18-7-6-15(16-8-11-21-12-17(16)18)13-2-4-14(5-3-13)19(22)9-1-10-19/h2-7,21-22H,1,8-12H2. The highest BCUT2D eigenvalue weighted by Gasteiger charge is 2.35. The van der Waals surface area contributed by atoms with Crippen LogP contribution in [0.2, 0.25) is 0 Å². The fourth-order valence-electron chi connectivity index (χ4n) is 3.60. The molecule has 1 aliphatic carbocycles. The van der Waals surface area contributed by atoms with Gasteiger partial charge in [-0.05, 0) is 60.5 Å². The minimum atomic E-state index is -0.620. The molecule has 0 aromatic heterocycles. The first-order valence-electron chi connectivity index (χ1n) is 8.02. The van der Waals surface area contributed by atoms with Gasteiger partial charge in [0.1, 0.15) is 5.82 Å². The summed E-state index contributed by atoms with van der Waals surface area (Å²) < 4.78 is 14.0. The van der Waals surface area contributed by atoms with Gasteiger partial charge in [-0.3, -0.25) is 0 Å². The lowest BCUT2D eigenvalue weighted by atomic mass is 9.75. The number of benzene rings is 2. The fraction of sp³-hybridized carbons (Fsp3) is 0.368. The van der Waals surface area contributed by atoms with Gasteiger partial charge >= 0.3 is 0 Å². The quantitative estimate of drug-likeness (QED) is 0.889. The van der Waals surface area contributed by atoms with E-state index in [0.29, 0.717) is 6.54 Å². The zero-order chi connectivity index (χ0) is 15.2. The Hall–Kier alpha value is -1.71. The van der Waals surface area contributed by atoms with Crippen molar-refractivity contribution in [2.75, 3.05) is 6.54 Å². The van der Waals surface area contributed by atoms with E-state index in [-0.39, 0.29) is 5.82 Å². The average Bonchev–Trinajstić information content (AvgIpc) is 2.54. The Balaban J connectivity index is 1.73. The maximum Gasteiger partial charge on any atom is 0.128 e. The van der Waals surface area contributed by atoms with Crippen LogP contribution in [0.3, 0.4) is 0 Å². The van der Waals surface area contributed by atoms with Crippen LogP contribution in [-0.4, -0.2) is 11.7 Å². The topological polar surface area (TPSA) is 32.3 Å². The number of halogens is 1. The van der Waals surface area contributed by atoms with E-state index in [1.165, 1.54) is 0 Å². The Morgan fingerprint density at radius 3 is 2.45 bits per heavy atom. The highest BCUT2D eigenvalue weighted by molar-refractivity contribution is 5.69. The number of hydrogen-bond acceptors (Lipinski definition) is 2. The van der Waals surface area contributed by atoms with Gasteiger partial charge in [0.05, 0.1) is 5.60 Å². The molecule has 2 nitrogen and oxygen atoms in total. The molecule has 0 atom stereocenters. The number of aliphatic hydroxyl groups is 1. The molecular formula is C19H20FNO. The van der Waals surface area contributed by atoms with Crippen molar-refractivity contribution in [3.05, 3.63) is 58.9 Å². The monoisotopic (exact) mass is 297 g/mol. The van der Waals surface area contributed by atoms with Gasteiger partial charge in [-0.2, -0.15) is 0 Å². The van der Waals surface area contributed by atoms with Crippen molar-refractivity contribution < 1.29 is 9.50 Å². The maximum absolute atomic E-state index is 14.0. The second-order valence-electron chi connectivity index (χ2n) is 6.44. The molecule has 2 aromatic rings. The zero-order valence-electron chi connectivity index (χ0n) is 12.5. The molecule has 2 N–H and O–H groups in total. The normalized spacial score (nSPS) is 19.4. The van der Waals surface area contributed by atoms with Crippen molar-refractivity contribution in [1.29, 1.82) is 0 Å². The van der Waals surface area contributed by atoms with Crippen molar-refractivity contribution in [2.24, 2.45) is 0 Å². The van der Waals surface area contributed by atoms with E-state index >= 15 is 0 Å². The lowest BCUT2D eigenvalue weighted by molar-refractivity contribution is -0.0387. The number of rotatable bonds is 2. The molecule has 0 radical (unpaired) electrons. The van der Waals surface area contributed by atoms with Crippen LogP contribution in [0.1, 0.15) is 36.0 Å². The van der Waals surface area contributed by atoms with Crippen LogP contribution < -0.4 is 5.32 Å². The summed E-state index contributed by atoms with van der Waals surface area (Å²) in [6.45, 7) is 1.49. The van der Waals surface area contributed by atoms with E-state index in [9.17, 15) is 9.50 Å². The molecule has 0 spiro atoms. The van der Waals surface area contributed by atoms with Crippen molar-refractivity contribution in [3.8, 4) is 11.1 Å². The molecule has 2 aromatic carbocycles. The van der Waals surface area contributed by atoms with Gasteiger partial charge in [-0.25, -0.2) is 4.39 Å². The summed E-state index contributed by atoms with van der Waals surface area (Å²) in [5, 5.41) is 13.6. The molecule has 114 valence electrons. The predicted octanol–water partition coefficient (Wildman–Crippen LogP) is 3.51. The molecule has 22 heavy (non-hydrogen) atoms. The summed E-state index contributed by atoms with van der Waals surface area (Å²) in [5.74, 6) is -0.119. The van der Waals surface area contributed by atoms with Crippen LogP contribution in [0.4, 0.5) is 4.39 Å². The van der Waals surface area contributed by atoms with Gasteiger partial charge in [0.25, 0.3) is 0 Å². The van der Waals surface area contributed by atoms with E-state index < -0.39 is 5.60 Å². The molecule has 4 rings (SSSR count). The van der Waals surface area contributed by atoms with Crippen LogP contribution in [0.25, 0.3) is 11.1 Å². The number of hydrogen-bond donors (Lipinski definition) is 2. The minimum Gasteiger partial charge on any atom is -0.385 e. The second-order valence-corrected chi connectivity index (χ2v) is 6.44. The maximum atomic E-state index is 14.0. The molecule has 1 fully saturated rings. The largest absolute Gasteiger partial charge is 0.385 e. The predicted molar refractivity (Wildman–Crippen MR) is 85.0 cm³/mol. The third-order valence-corrected chi connectivity index (χ3v) is 5.14. The summed E-state index contributed by atoms with van der Waals surface area (Å²) in [4.78, 5) is 0. The highest BCUT2D eigenvalue weighted by Crippen LogP contribution is 2.41. The molecule has 1 heterocycles. The fourth-order valence-corrected chi connectivity index (χ4v) is 3.60. The van der Waals surface area contributed by atoms with E-state index in [0.717, 1.165) is 60.0 Å². The van der Waals surface area contributed by atoms with Crippen LogP contribution in [0, 0.1) is 5.82 Å². The first kappa shape index (κ1) is 13.9. The van der Waals surface area contributed by atoms with Crippen LogP contribution in [0.5, 0.6) is 0 Å². The third kappa shape index (κ3) is 2.16. The van der Waals surface area contributed by atoms with E-state index in [1.807, 2.05) is 18.2 Å². The van der Waals surface area contributed by atoms with Crippen LogP contribution >= 0.6 is 0 Å². The zero-order valence-corrected chi connectivity index (χ0v) is 12.5. The summed E-state index contributed by atoms with van der Waals surface area (Å²) >= 11 is 0. The Morgan fingerprint density at radius 1 is 1.00 bits per heavy atom. The van der Waals surface area contributed by atoms with Crippen molar-refractivity contribution >= 4 is 0 Å². The van der Waals surface area contributed by atoms with Gasteiger partial charge in [0.2, 0.25) is 0 Å². The lowest BCUT2D eigenvalue weighted by Gasteiger charge is -2.37. The molecule has 3 heteroatoms. The number of fused-ring (bicyclic) bond motifs is 1. The Kier molecular flexibility index (Phi) is 3.28. The molecule has 1 saturated carbocycles. The molecular weight excluding hydrogens is 277 g/mol. The van der Waals surface area contributed by atoms with Crippen molar-refractivity contribution in [3.63, 3.8) is 0 Å². The Labute approximate surface area is 130 Å². The molecule has 0 saturated heterocycles. The minimum absolute atomic E-state index is 0.119. The third-order valence-electron chi connectivity index (χ3n) is 5.14. The first-order chi connectivity index (χ1) is 10.7. The van der Waals surface area contributed by atoms with Crippen LogP contribution in [-0.2, 0) is 18.6 Å². The average molecular weight is 297 g/mol. The SMILES string of the molecule is OC1(c2ccc(-c3ccc(F)c4c3CCNC4)cc2)CCC1. The summed E-state index contributed by atoms with van der Waals surface area (Å²) in [7, 11) is 0. The summed E-state index contributed by atoms with van der Waals surface area (Å²) in [6.07, 6.45) is 3.65. The first-order valence-corrected chi connectivity index (χ1v) is 8.02. The van der Waals surface area contributed by atoms with E-state index in [4.69, 9.17) is 0 Å². The van der Waals surface area contributed by atoms with Crippen molar-refractivity contribution in [1.82, 2.24) is 5.32 Å². The smallest absolute Gasteiger partial charge is 0.128 e. The van der Waals surface area contributed by atoms with Crippen LogP contribution in [0.15, 0.2) is 36.4 Å². The van der Waals surface area contributed by atoms with E-state index in [1.54, 1.807) is 6.07 Å². The van der Waals surface area contributed by atoms with Gasteiger partial charge < -0.3 is 10.4 Å². The Morgan fingerprint density at radius 2 is 1.77 bits per heavy atom. The van der Waals surface area contributed by atoms with Gasteiger partial charge in [-0.15, -0.1) is 0 Å². The number of nitrogens with one attached hydrogen (secondary N) is 1. The van der Waals surface area contributed by atoms with Gasteiger partial charge in [0, 0.05) is 12.1 Å². The highest BCUT2D eigenvalue weighted by atomic mass is 19.1. The molecule has 1 aliphatic heterocycles. The van der Waals surface area contributed by atoms with E-state index in [2.05, 4.69) is 17.4 Å². The van der Waals surface area contributed by atoms with Crippen molar-refractivity contribution in [2.45, 2.75) is 37.8 Å². The Bertz CT molecular complexity index is 704. The summed E-state index contributed by atoms with van der Waals surface area (Å²) in [6, 6.07) is 11.6.